The van der Waals surface area contributed by atoms with E-state index in [1.54, 1.807) is 42.5 Å². The van der Waals surface area contributed by atoms with Crippen molar-refractivity contribution < 1.29 is 23.4 Å². The summed E-state index contributed by atoms with van der Waals surface area (Å²) in [5.74, 6) is 1.08. The summed E-state index contributed by atoms with van der Waals surface area (Å²) < 4.78 is 31.3. The first-order valence-electron chi connectivity index (χ1n) is 9.78. The summed E-state index contributed by atoms with van der Waals surface area (Å²) in [5.41, 5.74) is 1.04. The fourth-order valence-electron chi connectivity index (χ4n) is 2.94. The Morgan fingerprint density at radius 3 is 2.69 bits per heavy atom. The molecule has 0 saturated carbocycles. The third kappa shape index (κ3) is 4.91. The first kappa shape index (κ1) is 21.0. The van der Waals surface area contributed by atoms with E-state index in [1.807, 2.05) is 6.07 Å². The van der Waals surface area contributed by atoms with Gasteiger partial charge in [0.1, 0.15) is 12.4 Å². The molecular weight excluding hydrogens is 417 g/mol. The molecule has 1 N–H and O–H groups in total. The number of nitrogens with one attached hydrogen (secondary N) is 1. The third-order valence-electron chi connectivity index (χ3n) is 4.42. The lowest BCUT2D eigenvalue weighted by Gasteiger charge is -2.11. The first-order valence-corrected chi connectivity index (χ1v) is 9.78. The van der Waals surface area contributed by atoms with E-state index in [4.69, 9.17) is 14.2 Å². The summed E-state index contributed by atoms with van der Waals surface area (Å²) in [4.78, 5) is 12.0. The predicted molar refractivity (Wildman–Crippen MR) is 113 cm³/mol. The van der Waals surface area contributed by atoms with Crippen LogP contribution in [0.3, 0.4) is 0 Å². The molecule has 4 rings (SSSR count). The highest BCUT2D eigenvalue weighted by atomic mass is 19.1. The molecule has 2 heterocycles. The van der Waals surface area contributed by atoms with Crippen molar-refractivity contribution in [2.24, 2.45) is 0 Å². The van der Waals surface area contributed by atoms with E-state index in [9.17, 15) is 9.18 Å². The average Bonchev–Trinajstić information content (AvgIpc) is 3.24. The maximum Gasteiger partial charge on any atom is 0.258 e. The number of aromatic nitrogens is 4. The molecule has 0 aliphatic carbocycles. The number of amides is 1. The van der Waals surface area contributed by atoms with Crippen molar-refractivity contribution in [3.63, 3.8) is 0 Å². The van der Waals surface area contributed by atoms with E-state index in [0.717, 1.165) is 0 Å². The SMILES string of the molecule is COc1ccccc1OCC(=O)NCCOc1ccc2nnc(-c3cccc(F)c3)n2n1. The number of ether oxygens (including phenoxy) is 3. The largest absolute Gasteiger partial charge is 0.493 e. The van der Waals surface area contributed by atoms with Crippen molar-refractivity contribution in [1.29, 1.82) is 0 Å². The Bertz CT molecular complexity index is 1230. The van der Waals surface area contributed by atoms with Crippen molar-refractivity contribution in [2.45, 2.75) is 0 Å². The van der Waals surface area contributed by atoms with Gasteiger partial charge in [-0.2, -0.15) is 4.52 Å². The second-order valence-electron chi connectivity index (χ2n) is 6.61. The van der Waals surface area contributed by atoms with Gasteiger partial charge in [-0.3, -0.25) is 4.79 Å². The summed E-state index contributed by atoms with van der Waals surface area (Å²) in [6, 6.07) is 16.4. The lowest BCUT2D eigenvalue weighted by Crippen LogP contribution is -2.32. The van der Waals surface area contributed by atoms with Crippen LogP contribution in [-0.4, -0.2) is 52.6 Å². The molecule has 1 amide bonds. The monoisotopic (exact) mass is 437 g/mol. The zero-order chi connectivity index (χ0) is 22.3. The van der Waals surface area contributed by atoms with Crippen LogP contribution in [0.5, 0.6) is 17.4 Å². The predicted octanol–water partition coefficient (Wildman–Crippen LogP) is 2.51. The molecule has 164 valence electrons. The Balaban J connectivity index is 1.30. The number of hydrogen-bond donors (Lipinski definition) is 1. The van der Waals surface area contributed by atoms with Crippen LogP contribution >= 0.6 is 0 Å². The normalized spacial score (nSPS) is 10.7. The molecule has 0 spiro atoms. The second kappa shape index (κ2) is 9.73. The molecule has 4 aromatic rings. The van der Waals surface area contributed by atoms with E-state index in [-0.39, 0.29) is 31.5 Å². The molecule has 0 fully saturated rings. The molecule has 0 saturated heterocycles. The molecule has 2 aromatic heterocycles. The van der Waals surface area contributed by atoms with Crippen LogP contribution in [0.25, 0.3) is 17.0 Å². The number of benzene rings is 2. The zero-order valence-electron chi connectivity index (χ0n) is 17.2. The highest BCUT2D eigenvalue weighted by Crippen LogP contribution is 2.25. The van der Waals surface area contributed by atoms with Gasteiger partial charge in [-0.25, -0.2) is 4.39 Å². The lowest BCUT2D eigenvalue weighted by atomic mass is 10.2. The van der Waals surface area contributed by atoms with Crippen LogP contribution in [0.2, 0.25) is 0 Å². The minimum absolute atomic E-state index is 0.151. The number of carbonyl (C=O) groups is 1. The summed E-state index contributed by atoms with van der Waals surface area (Å²) in [6.07, 6.45) is 0. The van der Waals surface area contributed by atoms with Gasteiger partial charge >= 0.3 is 0 Å². The minimum Gasteiger partial charge on any atom is -0.493 e. The third-order valence-corrected chi connectivity index (χ3v) is 4.42. The van der Waals surface area contributed by atoms with Crippen molar-refractivity contribution in [3.8, 4) is 28.8 Å². The van der Waals surface area contributed by atoms with Crippen LogP contribution in [-0.2, 0) is 4.79 Å². The number of para-hydroxylation sites is 2. The molecule has 0 unspecified atom stereocenters. The van der Waals surface area contributed by atoms with Gasteiger partial charge in [0.05, 0.1) is 13.7 Å². The van der Waals surface area contributed by atoms with Gasteiger partial charge in [-0.15, -0.1) is 15.3 Å². The number of fused-ring (bicyclic) bond motifs is 1. The maximum atomic E-state index is 13.5. The molecule has 0 bridgehead atoms. The van der Waals surface area contributed by atoms with Crippen LogP contribution < -0.4 is 19.5 Å². The van der Waals surface area contributed by atoms with Gasteiger partial charge in [0.25, 0.3) is 5.91 Å². The average molecular weight is 437 g/mol. The molecule has 2 aromatic carbocycles. The zero-order valence-corrected chi connectivity index (χ0v) is 17.2. The van der Waals surface area contributed by atoms with Crippen molar-refractivity contribution in [2.75, 3.05) is 26.9 Å². The Morgan fingerprint density at radius 2 is 1.88 bits per heavy atom. The van der Waals surface area contributed by atoms with Crippen molar-refractivity contribution in [3.05, 3.63) is 66.5 Å². The van der Waals surface area contributed by atoms with Crippen LogP contribution in [0.4, 0.5) is 4.39 Å². The van der Waals surface area contributed by atoms with E-state index in [1.165, 1.54) is 23.8 Å². The fraction of sp³-hybridized carbons (Fsp3) is 0.182. The Kier molecular flexibility index (Phi) is 6.40. The lowest BCUT2D eigenvalue weighted by molar-refractivity contribution is -0.123. The number of nitrogens with zero attached hydrogens (tertiary/aromatic N) is 4. The maximum absolute atomic E-state index is 13.5. The van der Waals surface area contributed by atoms with Gasteiger partial charge in [0.2, 0.25) is 5.88 Å². The topological polar surface area (TPSA) is 99.9 Å². The van der Waals surface area contributed by atoms with Crippen LogP contribution in [0.15, 0.2) is 60.7 Å². The summed E-state index contributed by atoms with van der Waals surface area (Å²) in [7, 11) is 1.53. The van der Waals surface area contributed by atoms with Crippen molar-refractivity contribution >= 4 is 11.6 Å². The molecule has 32 heavy (non-hydrogen) atoms. The number of methoxy groups -OCH3 is 1. The Hall–Kier alpha value is -4.21. The molecule has 0 radical (unpaired) electrons. The number of hydrogen-bond acceptors (Lipinski definition) is 7. The van der Waals surface area contributed by atoms with Crippen molar-refractivity contribution in [1.82, 2.24) is 25.1 Å². The second-order valence-corrected chi connectivity index (χ2v) is 6.61. The molecule has 9 nitrogen and oxygen atoms in total. The first-order chi connectivity index (χ1) is 15.6. The highest BCUT2D eigenvalue weighted by molar-refractivity contribution is 5.77. The fourth-order valence-corrected chi connectivity index (χ4v) is 2.94. The van der Waals surface area contributed by atoms with Gasteiger partial charge in [-0.1, -0.05) is 24.3 Å². The molecule has 0 aliphatic heterocycles. The number of halogens is 1. The van der Waals surface area contributed by atoms with E-state index in [2.05, 4.69) is 20.6 Å². The van der Waals surface area contributed by atoms with E-state index >= 15 is 0 Å². The molecule has 0 aliphatic rings. The van der Waals surface area contributed by atoms with E-state index < -0.39 is 0 Å². The summed E-state index contributed by atoms with van der Waals surface area (Å²) in [6.45, 7) is 0.297. The smallest absolute Gasteiger partial charge is 0.258 e. The van der Waals surface area contributed by atoms with Gasteiger partial charge in [0, 0.05) is 11.6 Å². The quantitative estimate of drug-likeness (QED) is 0.402. The number of carbonyl (C=O) groups excluding carboxylic acids is 1. The molecular formula is C22H20FN5O4. The molecule has 0 atom stereocenters. The van der Waals surface area contributed by atoms with Gasteiger partial charge in [-0.05, 0) is 30.3 Å². The standard InChI is InChI=1S/C22H20FN5O4/c1-30-17-7-2-3-8-18(17)32-14-20(29)24-11-12-31-21-10-9-19-25-26-22(28(19)27-21)15-5-4-6-16(23)13-15/h2-10,13H,11-12,14H2,1H3,(H,24,29). The van der Waals surface area contributed by atoms with Crippen LogP contribution in [0, 0.1) is 5.82 Å². The number of rotatable bonds is 9. The minimum atomic E-state index is -0.378. The summed E-state index contributed by atoms with van der Waals surface area (Å²) >= 11 is 0. The van der Waals surface area contributed by atoms with Gasteiger partial charge < -0.3 is 19.5 Å². The van der Waals surface area contributed by atoms with Gasteiger partial charge in [0.15, 0.2) is 29.6 Å². The summed E-state index contributed by atoms with van der Waals surface area (Å²) in [5, 5.41) is 15.2. The molecule has 10 heteroatoms. The Morgan fingerprint density at radius 1 is 1.03 bits per heavy atom. The van der Waals surface area contributed by atoms with Crippen LogP contribution in [0.1, 0.15) is 0 Å². The highest BCUT2D eigenvalue weighted by Gasteiger charge is 2.11. The Labute approximate surface area is 182 Å². The van der Waals surface area contributed by atoms with E-state index in [0.29, 0.717) is 34.4 Å².